The predicted octanol–water partition coefficient (Wildman–Crippen LogP) is -1.07. The summed E-state index contributed by atoms with van der Waals surface area (Å²) in [5.74, 6) is 0. The molecule has 1 aromatic heterocycles. The fourth-order valence-electron chi connectivity index (χ4n) is 0.949. The summed E-state index contributed by atoms with van der Waals surface area (Å²) in [6.07, 6.45) is 1.13. The van der Waals surface area contributed by atoms with Gasteiger partial charge in [0, 0.05) is 6.54 Å². The SMILES string of the molecule is NC(=S)CCCn1c(=O)[nH][nH]c1=O. The lowest BCUT2D eigenvalue weighted by Gasteiger charge is -1.97. The fraction of sp³-hybridized carbons (Fsp3) is 0.500. The van der Waals surface area contributed by atoms with Crippen molar-refractivity contribution in [3.05, 3.63) is 21.0 Å². The standard InChI is InChI=1S/C6H10N4O2S/c7-4(13)2-1-3-10-5(11)8-9-6(10)12/h1-3H2,(H2,7,13)(H,8,11)(H,9,12). The van der Waals surface area contributed by atoms with Crippen LogP contribution in [0.15, 0.2) is 9.59 Å². The highest BCUT2D eigenvalue weighted by Gasteiger charge is 2.01. The second kappa shape index (κ2) is 4.04. The Morgan fingerprint density at radius 1 is 1.38 bits per heavy atom. The first kappa shape index (κ1) is 9.72. The molecule has 0 amide bonds. The number of hydrogen-bond acceptors (Lipinski definition) is 3. The molecule has 0 spiro atoms. The van der Waals surface area contributed by atoms with Crippen LogP contribution in [0.4, 0.5) is 0 Å². The fourth-order valence-corrected chi connectivity index (χ4v) is 1.09. The Morgan fingerprint density at radius 3 is 2.38 bits per heavy atom. The summed E-state index contributed by atoms with van der Waals surface area (Å²) in [5.41, 5.74) is 4.38. The zero-order chi connectivity index (χ0) is 9.84. The minimum Gasteiger partial charge on any atom is -0.393 e. The van der Waals surface area contributed by atoms with Crippen molar-refractivity contribution in [3.8, 4) is 0 Å². The lowest BCUT2D eigenvalue weighted by atomic mass is 10.3. The monoisotopic (exact) mass is 202 g/mol. The molecule has 0 aromatic carbocycles. The van der Waals surface area contributed by atoms with Gasteiger partial charge in [0.1, 0.15) is 0 Å². The van der Waals surface area contributed by atoms with Crippen molar-refractivity contribution in [1.82, 2.24) is 14.8 Å². The maximum Gasteiger partial charge on any atom is 0.344 e. The molecule has 0 saturated carbocycles. The summed E-state index contributed by atoms with van der Waals surface area (Å²) in [6.45, 7) is 0.328. The Hall–Kier alpha value is -1.37. The van der Waals surface area contributed by atoms with E-state index >= 15 is 0 Å². The van der Waals surface area contributed by atoms with E-state index in [0.29, 0.717) is 24.4 Å². The van der Waals surface area contributed by atoms with Crippen LogP contribution in [0.1, 0.15) is 12.8 Å². The Kier molecular flexibility index (Phi) is 3.02. The average molecular weight is 202 g/mol. The maximum atomic E-state index is 10.9. The number of H-pyrrole nitrogens is 2. The van der Waals surface area contributed by atoms with E-state index in [4.69, 9.17) is 5.73 Å². The van der Waals surface area contributed by atoms with Gasteiger partial charge in [-0.3, -0.25) is 0 Å². The number of hydrogen-bond donors (Lipinski definition) is 3. The lowest BCUT2D eigenvalue weighted by molar-refractivity contribution is 0.621. The third kappa shape index (κ3) is 2.55. The van der Waals surface area contributed by atoms with E-state index in [1.807, 2.05) is 0 Å². The van der Waals surface area contributed by atoms with Crippen LogP contribution in [0.3, 0.4) is 0 Å². The van der Waals surface area contributed by atoms with E-state index in [9.17, 15) is 9.59 Å². The summed E-state index contributed by atoms with van der Waals surface area (Å²) in [7, 11) is 0. The molecular formula is C6H10N4O2S. The largest absolute Gasteiger partial charge is 0.393 e. The third-order valence-electron chi connectivity index (χ3n) is 1.57. The molecule has 0 aliphatic heterocycles. The van der Waals surface area contributed by atoms with Crippen molar-refractivity contribution in [2.75, 3.05) is 0 Å². The summed E-state index contributed by atoms with van der Waals surface area (Å²) in [6, 6.07) is 0. The molecule has 0 bridgehead atoms. The molecule has 4 N–H and O–H groups in total. The van der Waals surface area contributed by atoms with Gasteiger partial charge in [-0.05, 0) is 12.8 Å². The zero-order valence-corrected chi connectivity index (χ0v) is 7.69. The van der Waals surface area contributed by atoms with Crippen molar-refractivity contribution in [2.24, 2.45) is 5.73 Å². The minimum absolute atomic E-state index is 0.328. The summed E-state index contributed by atoms with van der Waals surface area (Å²) < 4.78 is 1.07. The smallest absolute Gasteiger partial charge is 0.344 e. The number of nitrogens with zero attached hydrogens (tertiary/aromatic N) is 1. The summed E-state index contributed by atoms with van der Waals surface area (Å²) >= 11 is 4.65. The first-order chi connectivity index (χ1) is 6.11. The number of nitrogens with one attached hydrogen (secondary N) is 2. The van der Waals surface area contributed by atoms with E-state index in [1.165, 1.54) is 0 Å². The van der Waals surface area contributed by atoms with E-state index in [1.54, 1.807) is 0 Å². The van der Waals surface area contributed by atoms with Crippen LogP contribution in [0.2, 0.25) is 0 Å². The van der Waals surface area contributed by atoms with Crippen LogP contribution < -0.4 is 17.1 Å². The van der Waals surface area contributed by atoms with E-state index < -0.39 is 11.4 Å². The average Bonchev–Trinajstić information content (AvgIpc) is 2.34. The molecule has 0 aliphatic carbocycles. The molecule has 0 radical (unpaired) electrons. The molecule has 1 aromatic rings. The molecule has 0 atom stereocenters. The van der Waals surface area contributed by atoms with E-state index in [2.05, 4.69) is 22.4 Å². The number of rotatable bonds is 4. The summed E-state index contributed by atoms with van der Waals surface area (Å²) in [4.78, 5) is 22.2. The van der Waals surface area contributed by atoms with Gasteiger partial charge in [0.25, 0.3) is 0 Å². The lowest BCUT2D eigenvalue weighted by Crippen LogP contribution is -2.27. The Balaban J connectivity index is 2.60. The van der Waals surface area contributed by atoms with Gasteiger partial charge in [-0.1, -0.05) is 12.2 Å². The second-order valence-corrected chi connectivity index (χ2v) is 3.11. The molecule has 1 heterocycles. The van der Waals surface area contributed by atoms with Crippen LogP contribution >= 0.6 is 12.2 Å². The normalized spacial score (nSPS) is 10.2. The first-order valence-electron chi connectivity index (χ1n) is 3.77. The summed E-state index contributed by atoms with van der Waals surface area (Å²) in [5, 5.41) is 4.36. The van der Waals surface area contributed by atoms with Gasteiger partial charge in [0.15, 0.2) is 0 Å². The van der Waals surface area contributed by atoms with Gasteiger partial charge >= 0.3 is 11.4 Å². The third-order valence-corrected chi connectivity index (χ3v) is 1.78. The molecule has 7 heteroatoms. The molecule has 1 rings (SSSR count). The number of nitrogens with two attached hydrogens (primary N) is 1. The van der Waals surface area contributed by atoms with Gasteiger partial charge in [0.05, 0.1) is 4.99 Å². The van der Waals surface area contributed by atoms with Gasteiger partial charge < -0.3 is 5.73 Å². The zero-order valence-electron chi connectivity index (χ0n) is 6.87. The van der Waals surface area contributed by atoms with Gasteiger partial charge in [-0.25, -0.2) is 24.4 Å². The first-order valence-corrected chi connectivity index (χ1v) is 4.18. The topological polar surface area (TPSA) is 96.7 Å². The van der Waals surface area contributed by atoms with Gasteiger partial charge in [-0.15, -0.1) is 0 Å². The predicted molar refractivity (Wildman–Crippen MR) is 51.7 cm³/mol. The van der Waals surface area contributed by atoms with Crippen LogP contribution in [-0.4, -0.2) is 19.8 Å². The molecule has 0 fully saturated rings. The van der Waals surface area contributed by atoms with Crippen molar-refractivity contribution < 1.29 is 0 Å². The minimum atomic E-state index is -0.437. The molecule has 72 valence electrons. The van der Waals surface area contributed by atoms with E-state index in [0.717, 1.165) is 4.57 Å². The molecular weight excluding hydrogens is 192 g/mol. The Labute approximate surface area is 78.7 Å². The van der Waals surface area contributed by atoms with E-state index in [-0.39, 0.29) is 0 Å². The maximum absolute atomic E-state index is 10.9. The van der Waals surface area contributed by atoms with Crippen LogP contribution in [0.5, 0.6) is 0 Å². The molecule has 0 aliphatic rings. The van der Waals surface area contributed by atoms with Crippen molar-refractivity contribution in [1.29, 1.82) is 0 Å². The number of aromatic amines is 2. The molecule has 0 saturated heterocycles. The Bertz CT molecular complexity index is 374. The number of thiocarbonyl (C=S) groups is 1. The highest BCUT2D eigenvalue weighted by Crippen LogP contribution is 1.89. The quantitative estimate of drug-likeness (QED) is 0.542. The van der Waals surface area contributed by atoms with Gasteiger partial charge in [-0.2, -0.15) is 0 Å². The van der Waals surface area contributed by atoms with Gasteiger partial charge in [0.2, 0.25) is 0 Å². The van der Waals surface area contributed by atoms with Crippen molar-refractivity contribution >= 4 is 17.2 Å². The molecule has 6 nitrogen and oxygen atoms in total. The highest BCUT2D eigenvalue weighted by molar-refractivity contribution is 7.80. The van der Waals surface area contributed by atoms with Crippen LogP contribution in [-0.2, 0) is 6.54 Å². The van der Waals surface area contributed by atoms with Crippen LogP contribution in [0, 0.1) is 0 Å². The van der Waals surface area contributed by atoms with Crippen molar-refractivity contribution in [3.63, 3.8) is 0 Å². The highest BCUT2D eigenvalue weighted by atomic mass is 32.1. The number of aromatic nitrogens is 3. The van der Waals surface area contributed by atoms with Crippen LogP contribution in [0.25, 0.3) is 0 Å². The Morgan fingerprint density at radius 2 is 1.92 bits per heavy atom. The second-order valence-electron chi connectivity index (χ2n) is 2.58. The molecule has 0 unspecified atom stereocenters. The van der Waals surface area contributed by atoms with Crippen molar-refractivity contribution in [2.45, 2.75) is 19.4 Å². The molecule has 13 heavy (non-hydrogen) atoms.